The molecule has 2 heteroatoms. The van der Waals surface area contributed by atoms with Crippen LogP contribution in [0.2, 0.25) is 0 Å². The van der Waals surface area contributed by atoms with Crippen LogP contribution >= 0.6 is 0 Å². The van der Waals surface area contributed by atoms with Crippen molar-refractivity contribution in [3.63, 3.8) is 0 Å². The van der Waals surface area contributed by atoms with Crippen LogP contribution in [-0.4, -0.2) is 4.98 Å². The molecule has 0 amide bonds. The van der Waals surface area contributed by atoms with Gasteiger partial charge in [-0.25, -0.2) is 4.98 Å². The van der Waals surface area contributed by atoms with E-state index in [2.05, 4.69) is 127 Å². The lowest BCUT2D eigenvalue weighted by Gasteiger charge is -2.18. The van der Waals surface area contributed by atoms with Gasteiger partial charge in [-0.2, -0.15) is 0 Å². The average molecular weight is 546 g/mol. The Kier molecular flexibility index (Phi) is 4.48. The number of pyridine rings is 1. The van der Waals surface area contributed by atoms with Gasteiger partial charge in [-0.3, -0.25) is 0 Å². The van der Waals surface area contributed by atoms with Gasteiger partial charge in [0.25, 0.3) is 0 Å². The van der Waals surface area contributed by atoms with Crippen LogP contribution in [0.1, 0.15) is 0 Å². The summed E-state index contributed by atoms with van der Waals surface area (Å²) in [4.78, 5) is 5.20. The molecule has 8 aromatic carbocycles. The second-order valence-corrected chi connectivity index (χ2v) is 11.5. The summed E-state index contributed by atoms with van der Waals surface area (Å²) >= 11 is 0. The van der Waals surface area contributed by atoms with Gasteiger partial charge in [0.05, 0.1) is 11.4 Å². The van der Waals surface area contributed by atoms with Crippen molar-refractivity contribution in [2.24, 2.45) is 0 Å². The fraction of sp³-hybridized carbons (Fsp3) is 0. The van der Waals surface area contributed by atoms with Gasteiger partial charge in [-0.1, -0.05) is 109 Å². The molecule has 10 aromatic rings. The largest absolute Gasteiger partial charge is 0.455 e. The fourth-order valence-electron chi connectivity index (χ4n) is 7.35. The van der Waals surface area contributed by atoms with Crippen molar-refractivity contribution in [3.05, 3.63) is 140 Å². The maximum absolute atomic E-state index is 6.34. The lowest BCUT2D eigenvalue weighted by molar-refractivity contribution is 0.670. The van der Waals surface area contributed by atoms with Crippen molar-refractivity contribution in [3.8, 4) is 22.5 Å². The minimum Gasteiger partial charge on any atom is -0.455 e. The number of nitrogens with zero attached hydrogens (tertiary/aromatic N) is 1. The van der Waals surface area contributed by atoms with Crippen LogP contribution in [0.5, 0.6) is 0 Å². The van der Waals surface area contributed by atoms with Crippen LogP contribution in [0.25, 0.3) is 98.3 Å². The Morgan fingerprint density at radius 1 is 0.372 bits per heavy atom. The number of fused-ring (bicyclic) bond motifs is 9. The minimum absolute atomic E-state index is 0.877. The molecule has 0 saturated carbocycles. The Morgan fingerprint density at radius 3 is 1.65 bits per heavy atom. The van der Waals surface area contributed by atoms with E-state index in [1.807, 2.05) is 12.1 Å². The first-order valence-corrected chi connectivity index (χ1v) is 14.7. The molecule has 0 bridgehead atoms. The summed E-state index contributed by atoms with van der Waals surface area (Å²) < 4.78 is 6.34. The van der Waals surface area contributed by atoms with Gasteiger partial charge in [0.1, 0.15) is 11.2 Å². The molecule has 43 heavy (non-hydrogen) atoms. The van der Waals surface area contributed by atoms with Crippen LogP contribution in [0, 0.1) is 0 Å². The Balaban J connectivity index is 1.23. The number of aromatic nitrogens is 1. The van der Waals surface area contributed by atoms with Gasteiger partial charge in [-0.15, -0.1) is 0 Å². The molecule has 10 rings (SSSR count). The number of hydrogen-bond donors (Lipinski definition) is 0. The standard InChI is InChI=1S/C41H23NO/c1-2-10-26-25(9-1)29-12-5-14-31-27-22-21-24(23-35(27)32-15-6-13-30(26)40(32)39(29)31)36-18-8-19-37(42-36)34-17-7-16-33-28-11-3-4-20-38(28)43-41(33)34/h1-23H. The van der Waals surface area contributed by atoms with E-state index in [0.29, 0.717) is 0 Å². The van der Waals surface area contributed by atoms with Gasteiger partial charge in [0.15, 0.2) is 0 Å². The van der Waals surface area contributed by atoms with E-state index >= 15 is 0 Å². The van der Waals surface area contributed by atoms with Crippen molar-refractivity contribution >= 4 is 75.8 Å². The topological polar surface area (TPSA) is 26.0 Å². The Hall–Kier alpha value is -5.73. The lowest BCUT2D eigenvalue weighted by Crippen LogP contribution is -1.91. The van der Waals surface area contributed by atoms with Crippen LogP contribution in [0.3, 0.4) is 0 Å². The van der Waals surface area contributed by atoms with Crippen LogP contribution in [0.4, 0.5) is 0 Å². The van der Waals surface area contributed by atoms with Crippen molar-refractivity contribution in [2.75, 3.05) is 0 Å². The Labute approximate surface area is 246 Å². The molecule has 0 aliphatic heterocycles. The summed E-state index contributed by atoms with van der Waals surface area (Å²) in [6.45, 7) is 0. The van der Waals surface area contributed by atoms with Crippen LogP contribution in [0.15, 0.2) is 144 Å². The van der Waals surface area contributed by atoms with E-state index in [9.17, 15) is 0 Å². The fourth-order valence-corrected chi connectivity index (χ4v) is 7.35. The summed E-state index contributed by atoms with van der Waals surface area (Å²) in [6, 6.07) is 49.9. The average Bonchev–Trinajstić information content (AvgIpc) is 3.47. The highest BCUT2D eigenvalue weighted by Crippen LogP contribution is 2.45. The zero-order chi connectivity index (χ0) is 28.1. The third-order valence-electron chi connectivity index (χ3n) is 9.21. The Morgan fingerprint density at radius 2 is 0.907 bits per heavy atom. The molecule has 0 unspecified atom stereocenters. The number of hydrogen-bond acceptors (Lipinski definition) is 2. The van der Waals surface area contributed by atoms with E-state index in [1.54, 1.807) is 0 Å². The van der Waals surface area contributed by atoms with Gasteiger partial charge >= 0.3 is 0 Å². The number of rotatable bonds is 2. The van der Waals surface area contributed by atoms with Gasteiger partial charge < -0.3 is 4.42 Å². The van der Waals surface area contributed by atoms with Crippen LogP contribution in [-0.2, 0) is 0 Å². The summed E-state index contributed by atoms with van der Waals surface area (Å²) in [5.41, 5.74) is 5.73. The predicted octanol–water partition coefficient (Wildman–Crippen LogP) is 11.5. The first-order valence-electron chi connectivity index (χ1n) is 14.7. The molecule has 0 fully saturated rings. The molecular weight excluding hydrogens is 522 g/mol. The van der Waals surface area contributed by atoms with Gasteiger partial charge in [0, 0.05) is 21.9 Å². The first kappa shape index (κ1) is 22.9. The molecule has 0 radical (unpaired) electrons. The van der Waals surface area contributed by atoms with E-state index in [0.717, 1.165) is 44.5 Å². The molecule has 0 atom stereocenters. The van der Waals surface area contributed by atoms with Gasteiger partial charge in [0.2, 0.25) is 0 Å². The third-order valence-corrected chi connectivity index (χ3v) is 9.21. The molecule has 0 aliphatic rings. The van der Waals surface area contributed by atoms with E-state index < -0.39 is 0 Å². The van der Waals surface area contributed by atoms with E-state index in [1.165, 1.54) is 53.9 Å². The Bertz CT molecular complexity index is 2730. The number of benzene rings is 8. The van der Waals surface area contributed by atoms with Crippen molar-refractivity contribution in [2.45, 2.75) is 0 Å². The number of para-hydroxylation sites is 2. The second kappa shape index (κ2) is 8.40. The van der Waals surface area contributed by atoms with E-state index in [4.69, 9.17) is 9.40 Å². The smallest absolute Gasteiger partial charge is 0.144 e. The third kappa shape index (κ3) is 3.10. The highest BCUT2D eigenvalue weighted by Gasteiger charge is 2.18. The zero-order valence-corrected chi connectivity index (χ0v) is 23.1. The maximum Gasteiger partial charge on any atom is 0.144 e. The quantitative estimate of drug-likeness (QED) is 0.159. The number of furan rings is 1. The summed E-state index contributed by atoms with van der Waals surface area (Å²) in [7, 11) is 0. The lowest BCUT2D eigenvalue weighted by atomic mass is 9.86. The zero-order valence-electron chi connectivity index (χ0n) is 23.1. The van der Waals surface area contributed by atoms with Crippen LogP contribution < -0.4 is 0 Å². The molecule has 2 nitrogen and oxygen atoms in total. The highest BCUT2D eigenvalue weighted by molar-refractivity contribution is 6.40. The molecule has 198 valence electrons. The normalized spacial score (nSPS) is 12.2. The molecule has 0 aliphatic carbocycles. The van der Waals surface area contributed by atoms with Crippen molar-refractivity contribution < 1.29 is 4.42 Å². The summed E-state index contributed by atoms with van der Waals surface area (Å²) in [5.74, 6) is 0. The van der Waals surface area contributed by atoms with Gasteiger partial charge in [-0.05, 0) is 84.2 Å². The predicted molar refractivity (Wildman–Crippen MR) is 181 cm³/mol. The first-order chi connectivity index (χ1) is 21.3. The van der Waals surface area contributed by atoms with Crippen molar-refractivity contribution in [1.29, 1.82) is 0 Å². The van der Waals surface area contributed by atoms with E-state index in [-0.39, 0.29) is 0 Å². The minimum atomic E-state index is 0.877. The summed E-state index contributed by atoms with van der Waals surface area (Å²) in [6.07, 6.45) is 0. The maximum atomic E-state index is 6.34. The SMILES string of the molecule is c1cc(-c2ccc3c(c2)c2cccc4c5ccccc5c5cccc3c5c42)nc(-c2cccc3c2oc2ccccc23)c1. The molecule has 0 N–H and O–H groups in total. The molecule has 0 spiro atoms. The summed E-state index contributed by atoms with van der Waals surface area (Å²) in [5, 5.41) is 15.3. The molecule has 0 saturated heterocycles. The molecular formula is C41H23NO. The monoisotopic (exact) mass is 545 g/mol. The molecule has 2 aromatic heterocycles. The molecule has 2 heterocycles. The highest BCUT2D eigenvalue weighted by atomic mass is 16.3. The van der Waals surface area contributed by atoms with Crippen molar-refractivity contribution in [1.82, 2.24) is 4.98 Å². The second-order valence-electron chi connectivity index (χ2n) is 11.5.